The summed E-state index contributed by atoms with van der Waals surface area (Å²) in [6, 6.07) is 19.7. The zero-order valence-corrected chi connectivity index (χ0v) is 36.1. The second-order valence-corrected chi connectivity index (χ2v) is 16.8. The van der Waals surface area contributed by atoms with Crippen LogP contribution in [0.3, 0.4) is 0 Å². The molecule has 0 unspecified atom stereocenters. The molecule has 0 aliphatic heterocycles. The Morgan fingerprint density at radius 3 is 1.38 bits per heavy atom. The summed E-state index contributed by atoms with van der Waals surface area (Å²) < 4.78 is 44.0. The molecule has 64 heavy (non-hydrogen) atoms. The van der Waals surface area contributed by atoms with Gasteiger partial charge in [-0.3, -0.25) is 19.2 Å². The van der Waals surface area contributed by atoms with Gasteiger partial charge in [-0.2, -0.15) is 0 Å². The molecule has 15 nitrogen and oxygen atoms in total. The van der Waals surface area contributed by atoms with Crippen molar-refractivity contribution < 1.29 is 66.7 Å². The highest BCUT2D eigenvalue weighted by atomic mass is 32.1. The number of nitrogens with zero attached hydrogens (tertiary/aromatic N) is 1. The standard InChI is InChI=1S/C47H43NO14S2/c1-3-39(49)57-26-55-32-15-19-34(20-16-32)59-44(51)28-7-11-30(12-8-28)46(53)61-36-23-24-37(42-41(36)48-43(64-42)38-6-5-25-63-38)62-47(54)31-13-9-29(10-14-31)45(52)60-35-21-17-33(18-22-35)56-27-58-40(50)4-2/h3-6,15-25,28-31H,1-2,7-14,26-27H2. The second kappa shape index (κ2) is 21.5. The van der Waals surface area contributed by atoms with Crippen LogP contribution >= 0.6 is 22.7 Å². The second-order valence-electron chi connectivity index (χ2n) is 14.8. The van der Waals surface area contributed by atoms with Gasteiger partial charge in [-0.25, -0.2) is 14.6 Å². The first-order chi connectivity index (χ1) is 31.1. The highest BCUT2D eigenvalue weighted by Gasteiger charge is 2.35. The molecule has 0 N–H and O–H groups in total. The van der Waals surface area contributed by atoms with E-state index in [0.717, 1.165) is 17.0 Å². The van der Waals surface area contributed by atoms with Crippen LogP contribution in [0.1, 0.15) is 51.4 Å². The van der Waals surface area contributed by atoms with Crippen LogP contribution in [0.25, 0.3) is 20.1 Å². The quantitative estimate of drug-likeness (QED) is 0.0372. The molecule has 0 amide bonds. The summed E-state index contributed by atoms with van der Waals surface area (Å²) in [4.78, 5) is 81.2. The first-order valence-electron chi connectivity index (χ1n) is 20.4. The Hall–Kier alpha value is -6.85. The van der Waals surface area contributed by atoms with Crippen molar-refractivity contribution in [2.75, 3.05) is 13.6 Å². The van der Waals surface area contributed by atoms with E-state index in [-0.39, 0.29) is 19.3 Å². The lowest BCUT2D eigenvalue weighted by Gasteiger charge is -2.26. The van der Waals surface area contributed by atoms with Gasteiger partial charge in [-0.15, -0.1) is 22.7 Å². The van der Waals surface area contributed by atoms with Gasteiger partial charge in [-0.05, 0) is 123 Å². The topological polar surface area (TPSA) is 189 Å². The largest absolute Gasteiger partial charge is 0.457 e. The maximum Gasteiger partial charge on any atom is 0.333 e. The van der Waals surface area contributed by atoms with E-state index in [1.165, 1.54) is 22.7 Å². The average molecular weight is 910 g/mol. The lowest BCUT2D eigenvalue weighted by molar-refractivity contribution is -0.145. The highest BCUT2D eigenvalue weighted by Crippen LogP contribution is 2.43. The van der Waals surface area contributed by atoms with Crippen molar-refractivity contribution in [3.63, 3.8) is 0 Å². The van der Waals surface area contributed by atoms with E-state index in [4.69, 9.17) is 42.9 Å². The molecule has 3 aromatic carbocycles. The third-order valence-electron chi connectivity index (χ3n) is 10.7. The fourth-order valence-corrected chi connectivity index (χ4v) is 9.01. The molecule has 17 heteroatoms. The SMILES string of the molecule is C=CC(=O)OCOc1ccc(OC(=O)C2CCC(C(=O)Oc3ccc(OC(=O)C4CCC(C(=O)Oc5ccc(OCOC(=O)C=C)cc5)CC4)c4sc(-c5cccs5)nc34)CC2)cc1. The fourth-order valence-electron chi connectivity index (χ4n) is 7.18. The smallest absolute Gasteiger partial charge is 0.333 e. The van der Waals surface area contributed by atoms with E-state index in [1.54, 1.807) is 60.7 Å². The predicted molar refractivity (Wildman–Crippen MR) is 233 cm³/mol. The van der Waals surface area contributed by atoms with Crippen LogP contribution in [-0.4, -0.2) is 54.4 Å². The molecule has 2 heterocycles. The lowest BCUT2D eigenvalue weighted by Crippen LogP contribution is -2.30. The van der Waals surface area contributed by atoms with Crippen molar-refractivity contribution in [2.24, 2.45) is 23.7 Å². The van der Waals surface area contributed by atoms with E-state index in [2.05, 4.69) is 13.2 Å². The minimum atomic E-state index is -0.610. The number of thiophene rings is 1. The third-order valence-corrected chi connectivity index (χ3v) is 12.8. The van der Waals surface area contributed by atoms with E-state index >= 15 is 0 Å². The van der Waals surface area contributed by atoms with Gasteiger partial charge >= 0.3 is 35.8 Å². The number of carbonyl (C=O) groups excluding carboxylic acids is 6. The van der Waals surface area contributed by atoms with Crippen LogP contribution in [0.5, 0.6) is 34.5 Å². The van der Waals surface area contributed by atoms with Crippen molar-refractivity contribution in [1.82, 2.24) is 4.98 Å². The van der Waals surface area contributed by atoms with E-state index < -0.39 is 59.5 Å². The Balaban J connectivity index is 0.909. The van der Waals surface area contributed by atoms with Crippen molar-refractivity contribution in [3.05, 3.63) is 103 Å². The Labute approximate surface area is 375 Å². The summed E-state index contributed by atoms with van der Waals surface area (Å²) in [6.45, 7) is 6.07. The first-order valence-corrected chi connectivity index (χ1v) is 22.1. The van der Waals surface area contributed by atoms with E-state index in [1.807, 2.05) is 17.5 Å². The van der Waals surface area contributed by atoms with Gasteiger partial charge in [0.15, 0.2) is 11.5 Å². The number of hydrogen-bond acceptors (Lipinski definition) is 17. The molecule has 0 spiro atoms. The van der Waals surface area contributed by atoms with Gasteiger partial charge in [0, 0.05) is 12.2 Å². The molecule has 0 atom stereocenters. The van der Waals surface area contributed by atoms with Crippen LogP contribution in [-0.2, 0) is 38.2 Å². The lowest BCUT2D eigenvalue weighted by atomic mass is 9.82. The monoisotopic (exact) mass is 909 g/mol. The van der Waals surface area contributed by atoms with Crippen molar-refractivity contribution in [2.45, 2.75) is 51.4 Å². The summed E-state index contributed by atoms with van der Waals surface area (Å²) in [5, 5.41) is 2.61. The summed E-state index contributed by atoms with van der Waals surface area (Å²) in [7, 11) is 0. The molecule has 2 aromatic heterocycles. The summed E-state index contributed by atoms with van der Waals surface area (Å²) in [5.74, 6) is -2.54. The molecule has 5 aromatic rings. The van der Waals surface area contributed by atoms with Crippen LogP contribution in [0.4, 0.5) is 0 Å². The summed E-state index contributed by atoms with van der Waals surface area (Å²) in [6.07, 6.45) is 5.51. The molecule has 2 aliphatic rings. The number of fused-ring (bicyclic) bond motifs is 1. The van der Waals surface area contributed by atoms with Gasteiger partial charge < -0.3 is 37.9 Å². The van der Waals surface area contributed by atoms with Crippen molar-refractivity contribution in [1.29, 1.82) is 0 Å². The number of ether oxygens (including phenoxy) is 8. The Morgan fingerprint density at radius 1 is 0.547 bits per heavy atom. The van der Waals surface area contributed by atoms with Crippen LogP contribution < -0.4 is 28.4 Å². The van der Waals surface area contributed by atoms with Gasteiger partial charge in [0.2, 0.25) is 13.6 Å². The zero-order valence-electron chi connectivity index (χ0n) is 34.4. The van der Waals surface area contributed by atoms with Crippen LogP contribution in [0.2, 0.25) is 0 Å². The zero-order chi connectivity index (χ0) is 45.0. The Kier molecular flexibility index (Phi) is 15.2. The predicted octanol–water partition coefficient (Wildman–Crippen LogP) is 8.79. The minimum absolute atomic E-state index is 0.238. The Morgan fingerprint density at radius 2 is 0.953 bits per heavy atom. The van der Waals surface area contributed by atoms with E-state index in [9.17, 15) is 28.8 Å². The fraction of sp³-hybridized carbons (Fsp3) is 0.298. The number of benzene rings is 3. The third kappa shape index (κ3) is 11.8. The summed E-state index contributed by atoms with van der Waals surface area (Å²) in [5.41, 5.74) is 0.390. The maximum absolute atomic E-state index is 13.6. The molecule has 0 saturated heterocycles. The number of rotatable bonds is 17. The van der Waals surface area contributed by atoms with Gasteiger partial charge in [0.05, 0.1) is 28.5 Å². The first kappa shape index (κ1) is 45.2. The molecule has 332 valence electrons. The minimum Gasteiger partial charge on any atom is -0.457 e. The average Bonchev–Trinajstić information content (AvgIpc) is 4.03. The summed E-state index contributed by atoms with van der Waals surface area (Å²) >= 11 is 2.83. The van der Waals surface area contributed by atoms with Gasteiger partial charge in [0.1, 0.15) is 38.2 Å². The maximum atomic E-state index is 13.6. The molecular weight excluding hydrogens is 867 g/mol. The molecular formula is C47H43NO14S2. The van der Waals surface area contributed by atoms with Crippen molar-refractivity contribution >= 4 is 68.7 Å². The molecule has 2 aliphatic carbocycles. The Bertz CT molecular complexity index is 2330. The van der Waals surface area contributed by atoms with Gasteiger partial charge in [-0.1, -0.05) is 19.2 Å². The van der Waals surface area contributed by atoms with E-state index in [0.29, 0.717) is 95.3 Å². The number of thiazole rings is 1. The molecule has 2 saturated carbocycles. The normalized spacial score (nSPS) is 18.1. The number of esters is 6. The molecule has 7 rings (SSSR count). The molecule has 2 fully saturated rings. The number of aromatic nitrogens is 1. The van der Waals surface area contributed by atoms with Gasteiger partial charge in [0.25, 0.3) is 0 Å². The number of carbonyl (C=O) groups is 6. The molecule has 0 bridgehead atoms. The molecule has 0 radical (unpaired) electrons. The highest BCUT2D eigenvalue weighted by molar-refractivity contribution is 7.25. The van der Waals surface area contributed by atoms with Crippen LogP contribution in [0.15, 0.2) is 103 Å². The van der Waals surface area contributed by atoms with Crippen molar-refractivity contribution in [3.8, 4) is 44.4 Å². The van der Waals surface area contributed by atoms with Crippen LogP contribution in [0, 0.1) is 23.7 Å². The number of hydrogen-bond donors (Lipinski definition) is 0.